The summed E-state index contributed by atoms with van der Waals surface area (Å²) in [5.41, 5.74) is 1.31. The third-order valence-electron chi connectivity index (χ3n) is 2.63. The van der Waals surface area contributed by atoms with Crippen molar-refractivity contribution in [3.05, 3.63) is 35.9 Å². The minimum atomic E-state index is -2.59. The maximum absolute atomic E-state index is 6.36. The second kappa shape index (κ2) is 7.77. The van der Waals surface area contributed by atoms with Crippen molar-refractivity contribution >= 4 is 68.1 Å². The fraction of sp³-hybridized carbons (Fsp3) is 0.455. The number of benzene rings is 1. The molecule has 0 bridgehead atoms. The molecule has 0 spiro atoms. The van der Waals surface area contributed by atoms with Gasteiger partial charge in [-0.1, -0.05) is 30.3 Å². The van der Waals surface area contributed by atoms with Crippen LogP contribution in [0.5, 0.6) is 0 Å². The van der Waals surface area contributed by atoms with Crippen molar-refractivity contribution in [3.8, 4) is 0 Å². The molecule has 1 rings (SSSR count). The van der Waals surface area contributed by atoms with Gasteiger partial charge in [0.1, 0.15) is 0 Å². The van der Waals surface area contributed by atoms with E-state index in [1.54, 1.807) is 0 Å². The molecular formula is C11H15Cl5Si2. The molecule has 0 nitrogen and oxygen atoms in total. The van der Waals surface area contributed by atoms with Crippen LogP contribution in [0.2, 0.25) is 18.1 Å². The van der Waals surface area contributed by atoms with Gasteiger partial charge in [-0.15, -0.1) is 55.4 Å². The zero-order valence-corrected chi connectivity index (χ0v) is 15.6. The van der Waals surface area contributed by atoms with Gasteiger partial charge in [0.15, 0.2) is 0 Å². The molecule has 0 radical (unpaired) electrons. The van der Waals surface area contributed by atoms with Gasteiger partial charge in [0.25, 0.3) is 6.69 Å². The zero-order valence-electron chi connectivity index (χ0n) is 9.81. The van der Waals surface area contributed by atoms with E-state index in [1.807, 2.05) is 18.2 Å². The molecule has 0 fully saturated rings. The van der Waals surface area contributed by atoms with Gasteiger partial charge in [-0.3, -0.25) is 0 Å². The van der Waals surface area contributed by atoms with Crippen LogP contribution >= 0.6 is 55.4 Å². The third-order valence-corrected chi connectivity index (χ3v) is 9.98. The molecule has 0 aliphatic heterocycles. The van der Waals surface area contributed by atoms with E-state index in [2.05, 4.69) is 12.1 Å². The lowest BCUT2D eigenvalue weighted by molar-refractivity contribution is 0.907. The molecule has 0 saturated carbocycles. The number of hydrogen-bond donors (Lipinski definition) is 0. The summed E-state index contributed by atoms with van der Waals surface area (Å²) in [7, 11) is 0. The first kappa shape index (κ1) is 17.2. The zero-order chi connectivity index (χ0) is 13.6. The number of hydrogen-bond acceptors (Lipinski definition) is 0. The third kappa shape index (κ3) is 8.31. The van der Waals surface area contributed by atoms with E-state index in [0.29, 0.717) is 12.1 Å². The van der Waals surface area contributed by atoms with Crippen LogP contribution < -0.4 is 0 Å². The minimum Gasteiger partial charge on any atom is -0.146 e. The first-order chi connectivity index (χ1) is 8.29. The second-order valence-electron chi connectivity index (χ2n) is 4.31. The van der Waals surface area contributed by atoms with Crippen molar-refractivity contribution in [3.63, 3.8) is 0 Å². The highest BCUT2D eigenvalue weighted by atomic mass is 35.8. The van der Waals surface area contributed by atoms with Crippen LogP contribution in [0.15, 0.2) is 30.3 Å². The van der Waals surface area contributed by atoms with E-state index < -0.39 is 12.7 Å². The van der Waals surface area contributed by atoms with Crippen molar-refractivity contribution in [2.75, 3.05) is 0 Å². The van der Waals surface area contributed by atoms with Crippen LogP contribution in [0.4, 0.5) is 0 Å². The number of halogens is 5. The molecule has 0 aromatic heterocycles. The molecule has 0 atom stereocenters. The largest absolute Gasteiger partial charge is 0.341 e. The van der Waals surface area contributed by atoms with Crippen molar-refractivity contribution in [2.24, 2.45) is 0 Å². The molecule has 102 valence electrons. The van der Waals surface area contributed by atoms with Gasteiger partial charge >= 0.3 is 6.00 Å². The molecule has 0 aliphatic rings. The van der Waals surface area contributed by atoms with Crippen LogP contribution in [0.3, 0.4) is 0 Å². The van der Waals surface area contributed by atoms with E-state index in [1.165, 1.54) is 5.56 Å². The van der Waals surface area contributed by atoms with Gasteiger partial charge < -0.3 is 0 Å². The first-order valence-electron chi connectivity index (χ1n) is 5.77. The Bertz CT molecular complexity index is 350. The van der Waals surface area contributed by atoms with Crippen LogP contribution in [0.25, 0.3) is 0 Å². The molecule has 0 aliphatic carbocycles. The summed E-state index contributed by atoms with van der Waals surface area (Å²) in [6.07, 6.45) is 1.99. The van der Waals surface area contributed by atoms with Gasteiger partial charge in [0, 0.05) is 0 Å². The minimum absolute atomic E-state index is 0.558. The van der Waals surface area contributed by atoms with Crippen molar-refractivity contribution < 1.29 is 0 Å². The predicted molar refractivity (Wildman–Crippen MR) is 90.0 cm³/mol. The van der Waals surface area contributed by atoms with Crippen LogP contribution in [0.1, 0.15) is 12.0 Å². The fourth-order valence-corrected chi connectivity index (χ4v) is 10.2. The van der Waals surface area contributed by atoms with E-state index >= 15 is 0 Å². The van der Waals surface area contributed by atoms with Crippen LogP contribution in [0, 0.1) is 0 Å². The average Bonchev–Trinajstić information content (AvgIpc) is 2.27. The summed E-state index contributed by atoms with van der Waals surface area (Å²) >= 11 is 30.2. The molecule has 0 saturated heterocycles. The summed E-state index contributed by atoms with van der Waals surface area (Å²) in [5, 5.41) is 0. The van der Waals surface area contributed by atoms with Crippen LogP contribution in [-0.4, -0.2) is 12.7 Å². The Morgan fingerprint density at radius 2 is 1.39 bits per heavy atom. The maximum Gasteiger partial charge on any atom is 0.341 e. The lowest BCUT2D eigenvalue weighted by Gasteiger charge is -2.18. The summed E-state index contributed by atoms with van der Waals surface area (Å²) < 4.78 is 0. The molecule has 0 amide bonds. The predicted octanol–water partition coefficient (Wildman–Crippen LogP) is 6.19. The lowest BCUT2D eigenvalue weighted by Crippen LogP contribution is -2.22. The second-order valence-corrected chi connectivity index (χ2v) is 21.2. The first-order valence-corrected chi connectivity index (χ1v) is 15.5. The molecule has 0 N–H and O–H groups in total. The Morgan fingerprint density at radius 3 is 1.94 bits per heavy atom. The lowest BCUT2D eigenvalue weighted by atomic mass is 10.1. The van der Waals surface area contributed by atoms with E-state index in [-0.39, 0.29) is 0 Å². The van der Waals surface area contributed by atoms with E-state index in [0.717, 1.165) is 18.9 Å². The Morgan fingerprint density at radius 1 is 0.778 bits per heavy atom. The smallest absolute Gasteiger partial charge is 0.146 e. The topological polar surface area (TPSA) is 0 Å². The summed E-state index contributed by atoms with van der Waals surface area (Å²) in [6, 6.07) is 9.80. The van der Waals surface area contributed by atoms with Crippen LogP contribution in [-0.2, 0) is 6.42 Å². The van der Waals surface area contributed by atoms with Gasteiger partial charge in [-0.25, -0.2) is 0 Å². The van der Waals surface area contributed by atoms with Gasteiger partial charge in [-0.05, 0) is 36.5 Å². The Balaban J connectivity index is 2.29. The molecule has 7 heteroatoms. The fourth-order valence-electron chi connectivity index (χ4n) is 1.65. The Labute approximate surface area is 134 Å². The summed E-state index contributed by atoms with van der Waals surface area (Å²) in [5.74, 6) is 0. The molecule has 1 aromatic rings. The standard InChI is InChI=1S/C11H15Cl5Si2/c12-17(13,9-10-18(14,15)16)8-4-7-11-5-2-1-3-6-11/h1-3,5-6H,4,7-10H2. The molecule has 0 unspecified atom stereocenters. The van der Waals surface area contributed by atoms with E-state index in [4.69, 9.17) is 55.4 Å². The Hall–Kier alpha value is 1.10. The highest BCUT2D eigenvalue weighted by Gasteiger charge is 2.34. The maximum atomic E-state index is 6.36. The number of rotatable bonds is 7. The van der Waals surface area contributed by atoms with Crippen molar-refractivity contribution in [1.82, 2.24) is 0 Å². The van der Waals surface area contributed by atoms with E-state index in [9.17, 15) is 0 Å². The van der Waals surface area contributed by atoms with Gasteiger partial charge in [0.05, 0.1) is 0 Å². The van der Waals surface area contributed by atoms with Crippen molar-refractivity contribution in [2.45, 2.75) is 31.0 Å². The van der Waals surface area contributed by atoms with Gasteiger partial charge in [-0.2, -0.15) is 0 Å². The normalized spacial score (nSPS) is 12.7. The van der Waals surface area contributed by atoms with Crippen molar-refractivity contribution in [1.29, 1.82) is 0 Å². The highest BCUT2D eigenvalue weighted by molar-refractivity contribution is 7.65. The number of aryl methyl sites for hydroxylation is 1. The van der Waals surface area contributed by atoms with Gasteiger partial charge in [0.2, 0.25) is 0 Å². The quantitative estimate of drug-likeness (QED) is 0.390. The highest BCUT2D eigenvalue weighted by Crippen LogP contribution is 2.35. The molecule has 0 heterocycles. The average molecular weight is 381 g/mol. The molecular weight excluding hydrogens is 366 g/mol. The summed E-state index contributed by atoms with van der Waals surface area (Å²) in [6.45, 7) is -2.24. The molecule has 18 heavy (non-hydrogen) atoms. The monoisotopic (exact) mass is 378 g/mol. The summed E-state index contributed by atoms with van der Waals surface area (Å²) in [4.78, 5) is 0. The SMILES string of the molecule is Cl[Si](Cl)(Cl)CC[Si](Cl)(Cl)CCCc1ccccc1. The Kier molecular flexibility index (Phi) is 7.41. The molecule has 1 aromatic carbocycles.